The van der Waals surface area contributed by atoms with Crippen LogP contribution in [-0.4, -0.2) is 34.8 Å². The van der Waals surface area contributed by atoms with Gasteiger partial charge in [0.25, 0.3) is 0 Å². The third-order valence-corrected chi connectivity index (χ3v) is 1.88. The van der Waals surface area contributed by atoms with Crippen molar-refractivity contribution in [1.29, 1.82) is 0 Å². The van der Waals surface area contributed by atoms with E-state index >= 15 is 0 Å². The molecule has 5 nitrogen and oxygen atoms in total. The third-order valence-electron chi connectivity index (χ3n) is 1.88. The molecule has 1 atom stereocenters. The number of aliphatic hydroxyl groups excluding tert-OH is 1. The molecule has 0 aromatic carbocycles. The van der Waals surface area contributed by atoms with Crippen LogP contribution in [0.2, 0.25) is 0 Å². The van der Waals surface area contributed by atoms with Crippen molar-refractivity contribution in [3.63, 3.8) is 0 Å². The van der Waals surface area contributed by atoms with Crippen LogP contribution in [0.4, 0.5) is 5.82 Å². The number of ether oxygens (including phenoxy) is 1. The third kappa shape index (κ3) is 4.12. The van der Waals surface area contributed by atoms with Crippen molar-refractivity contribution < 1.29 is 9.84 Å². The average Bonchev–Trinajstić information content (AvgIpc) is 2.27. The molecule has 1 unspecified atom stereocenters. The van der Waals surface area contributed by atoms with Crippen LogP contribution in [0.3, 0.4) is 0 Å². The topological polar surface area (TPSA) is 67.3 Å². The summed E-state index contributed by atoms with van der Waals surface area (Å²) >= 11 is 0. The van der Waals surface area contributed by atoms with Gasteiger partial charge in [0.15, 0.2) is 0 Å². The lowest BCUT2D eigenvalue weighted by Gasteiger charge is -2.10. The van der Waals surface area contributed by atoms with E-state index in [0.29, 0.717) is 24.8 Å². The van der Waals surface area contributed by atoms with Crippen LogP contribution in [-0.2, 0) is 0 Å². The van der Waals surface area contributed by atoms with Crippen molar-refractivity contribution in [3.05, 3.63) is 12.4 Å². The standard InChI is InChI=1S/C10H17N3O2/c1-3-15-10-4-9(12-7-13-10)11-5-8(2)6-14/h4,7-8,14H,3,5-6H2,1-2H3,(H,11,12,13). The first-order valence-electron chi connectivity index (χ1n) is 5.05. The molecule has 84 valence electrons. The summed E-state index contributed by atoms with van der Waals surface area (Å²) in [4.78, 5) is 8.00. The van der Waals surface area contributed by atoms with Gasteiger partial charge in [-0.2, -0.15) is 0 Å². The molecule has 0 aliphatic carbocycles. The second-order valence-corrected chi connectivity index (χ2v) is 3.34. The molecule has 1 rings (SSSR count). The molecule has 15 heavy (non-hydrogen) atoms. The van der Waals surface area contributed by atoms with Gasteiger partial charge in [0.2, 0.25) is 5.88 Å². The summed E-state index contributed by atoms with van der Waals surface area (Å²) in [6, 6.07) is 1.74. The molecule has 1 heterocycles. The van der Waals surface area contributed by atoms with E-state index < -0.39 is 0 Å². The van der Waals surface area contributed by atoms with E-state index in [-0.39, 0.29) is 12.5 Å². The molecule has 0 aliphatic rings. The summed E-state index contributed by atoms with van der Waals surface area (Å²) < 4.78 is 5.24. The minimum atomic E-state index is 0.163. The Hall–Kier alpha value is -1.36. The number of hydrogen-bond donors (Lipinski definition) is 2. The van der Waals surface area contributed by atoms with Crippen LogP contribution in [0.5, 0.6) is 5.88 Å². The maximum Gasteiger partial charge on any atom is 0.218 e. The normalized spacial score (nSPS) is 12.2. The first kappa shape index (κ1) is 11.7. The van der Waals surface area contributed by atoms with Gasteiger partial charge in [-0.1, -0.05) is 6.92 Å². The first-order valence-corrected chi connectivity index (χ1v) is 5.05. The van der Waals surface area contributed by atoms with Gasteiger partial charge in [0, 0.05) is 19.2 Å². The molecule has 0 saturated heterocycles. The zero-order valence-corrected chi connectivity index (χ0v) is 9.10. The Balaban J connectivity index is 2.50. The molecule has 0 aliphatic heterocycles. The van der Waals surface area contributed by atoms with E-state index in [1.165, 1.54) is 6.33 Å². The van der Waals surface area contributed by atoms with Crippen LogP contribution < -0.4 is 10.1 Å². The van der Waals surface area contributed by atoms with Gasteiger partial charge >= 0.3 is 0 Å². The van der Waals surface area contributed by atoms with Crippen molar-refractivity contribution in [1.82, 2.24) is 9.97 Å². The zero-order chi connectivity index (χ0) is 11.1. The Morgan fingerprint density at radius 1 is 1.53 bits per heavy atom. The highest BCUT2D eigenvalue weighted by Gasteiger charge is 2.02. The second-order valence-electron chi connectivity index (χ2n) is 3.34. The van der Waals surface area contributed by atoms with Gasteiger partial charge in [-0.3, -0.25) is 0 Å². The van der Waals surface area contributed by atoms with Gasteiger partial charge in [-0.25, -0.2) is 9.97 Å². The fourth-order valence-corrected chi connectivity index (χ4v) is 1.01. The predicted molar refractivity (Wildman–Crippen MR) is 57.9 cm³/mol. The van der Waals surface area contributed by atoms with Crippen LogP contribution in [0.25, 0.3) is 0 Å². The number of rotatable bonds is 6. The zero-order valence-electron chi connectivity index (χ0n) is 9.10. The lowest BCUT2D eigenvalue weighted by atomic mass is 10.2. The summed E-state index contributed by atoms with van der Waals surface area (Å²) in [5, 5.41) is 12.0. The van der Waals surface area contributed by atoms with Crippen LogP contribution in [0.1, 0.15) is 13.8 Å². The molecule has 1 aromatic rings. The highest BCUT2D eigenvalue weighted by atomic mass is 16.5. The minimum absolute atomic E-state index is 0.163. The number of nitrogens with one attached hydrogen (secondary N) is 1. The second kappa shape index (κ2) is 6.19. The molecule has 1 aromatic heterocycles. The van der Waals surface area contributed by atoms with Crippen molar-refractivity contribution in [2.45, 2.75) is 13.8 Å². The smallest absolute Gasteiger partial charge is 0.218 e. The molecular formula is C10H17N3O2. The van der Waals surface area contributed by atoms with Crippen molar-refractivity contribution in [2.75, 3.05) is 25.1 Å². The summed E-state index contributed by atoms with van der Waals surface area (Å²) in [5.41, 5.74) is 0. The minimum Gasteiger partial charge on any atom is -0.478 e. The molecule has 0 saturated carbocycles. The van der Waals surface area contributed by atoms with E-state index in [2.05, 4.69) is 15.3 Å². The lowest BCUT2D eigenvalue weighted by molar-refractivity contribution is 0.244. The van der Waals surface area contributed by atoms with Crippen LogP contribution >= 0.6 is 0 Å². The van der Waals surface area contributed by atoms with Crippen molar-refractivity contribution in [3.8, 4) is 5.88 Å². The summed E-state index contributed by atoms with van der Waals surface area (Å²) in [6.45, 7) is 5.29. The van der Waals surface area contributed by atoms with E-state index in [1.54, 1.807) is 6.07 Å². The summed E-state index contributed by atoms with van der Waals surface area (Å²) in [6.07, 6.45) is 1.46. The summed E-state index contributed by atoms with van der Waals surface area (Å²) in [7, 11) is 0. The quantitative estimate of drug-likeness (QED) is 0.732. The molecule has 0 radical (unpaired) electrons. The highest BCUT2D eigenvalue weighted by Crippen LogP contribution is 2.11. The molecule has 0 fully saturated rings. The Morgan fingerprint density at radius 3 is 3.00 bits per heavy atom. The Bertz CT molecular complexity index is 294. The molecule has 5 heteroatoms. The fourth-order valence-electron chi connectivity index (χ4n) is 1.01. The number of aromatic nitrogens is 2. The molecular weight excluding hydrogens is 194 g/mol. The van der Waals surface area contributed by atoms with Crippen LogP contribution in [0.15, 0.2) is 12.4 Å². The predicted octanol–water partition coefficient (Wildman–Crippen LogP) is 0.916. The van der Waals surface area contributed by atoms with E-state index in [0.717, 1.165) is 0 Å². The van der Waals surface area contributed by atoms with Crippen LogP contribution in [0, 0.1) is 5.92 Å². The highest BCUT2D eigenvalue weighted by molar-refractivity contribution is 5.36. The number of aliphatic hydroxyl groups is 1. The fraction of sp³-hybridized carbons (Fsp3) is 0.600. The van der Waals surface area contributed by atoms with Gasteiger partial charge in [-0.05, 0) is 12.8 Å². The number of hydrogen-bond acceptors (Lipinski definition) is 5. The lowest BCUT2D eigenvalue weighted by Crippen LogP contribution is -2.15. The molecule has 0 bridgehead atoms. The Morgan fingerprint density at radius 2 is 2.33 bits per heavy atom. The monoisotopic (exact) mass is 211 g/mol. The SMILES string of the molecule is CCOc1cc(NCC(C)CO)ncn1. The maximum atomic E-state index is 8.85. The van der Waals surface area contributed by atoms with Gasteiger partial charge in [-0.15, -0.1) is 0 Å². The average molecular weight is 211 g/mol. The van der Waals surface area contributed by atoms with Crippen molar-refractivity contribution >= 4 is 5.82 Å². The number of nitrogens with zero attached hydrogens (tertiary/aromatic N) is 2. The molecule has 0 amide bonds. The van der Waals surface area contributed by atoms with E-state index in [9.17, 15) is 0 Å². The van der Waals surface area contributed by atoms with Crippen molar-refractivity contribution in [2.24, 2.45) is 5.92 Å². The Kier molecular flexibility index (Phi) is 4.83. The molecule has 0 spiro atoms. The van der Waals surface area contributed by atoms with E-state index in [1.807, 2.05) is 13.8 Å². The summed E-state index contributed by atoms with van der Waals surface area (Å²) in [5.74, 6) is 1.48. The van der Waals surface area contributed by atoms with Gasteiger partial charge < -0.3 is 15.2 Å². The number of anilines is 1. The maximum absolute atomic E-state index is 8.85. The van der Waals surface area contributed by atoms with Gasteiger partial charge in [0.1, 0.15) is 12.1 Å². The first-order chi connectivity index (χ1) is 7.26. The Labute approximate surface area is 89.5 Å². The largest absolute Gasteiger partial charge is 0.478 e. The molecule has 2 N–H and O–H groups in total. The van der Waals surface area contributed by atoms with Gasteiger partial charge in [0.05, 0.1) is 6.61 Å². The van der Waals surface area contributed by atoms with E-state index in [4.69, 9.17) is 9.84 Å².